The van der Waals surface area contributed by atoms with Crippen molar-refractivity contribution in [1.82, 2.24) is 20.5 Å². The van der Waals surface area contributed by atoms with Gasteiger partial charge in [-0.15, -0.1) is 0 Å². The van der Waals surface area contributed by atoms with E-state index in [9.17, 15) is 24.6 Å². The van der Waals surface area contributed by atoms with Crippen LogP contribution < -0.4 is 21.5 Å². The van der Waals surface area contributed by atoms with Crippen molar-refractivity contribution in [3.63, 3.8) is 0 Å². The van der Waals surface area contributed by atoms with Gasteiger partial charge in [0.05, 0.1) is 17.3 Å². The molecule has 0 radical (unpaired) electrons. The molecule has 1 unspecified atom stereocenters. The Kier molecular flexibility index (Phi) is 12.4. The zero-order chi connectivity index (χ0) is 35.6. The zero-order valence-electron chi connectivity index (χ0n) is 29.0. The zero-order valence-corrected chi connectivity index (χ0v) is 29.0. The fraction of sp³-hybridized carbons (Fsp3) is 0.425. The molecule has 6 rings (SSSR count). The number of hydrogen-bond acceptors (Lipinski definition) is 8. The second-order valence-corrected chi connectivity index (χ2v) is 13.8. The number of aliphatic hydroxyl groups is 1. The molecule has 11 heteroatoms. The van der Waals surface area contributed by atoms with Crippen LogP contribution in [0, 0.1) is 5.92 Å². The van der Waals surface area contributed by atoms with Crippen LogP contribution in [0.25, 0.3) is 22.0 Å². The van der Waals surface area contributed by atoms with E-state index < -0.39 is 12.2 Å². The average Bonchev–Trinajstić information content (AvgIpc) is 3.14. The van der Waals surface area contributed by atoms with E-state index in [4.69, 9.17) is 4.74 Å². The van der Waals surface area contributed by atoms with Gasteiger partial charge in [0.15, 0.2) is 0 Å². The van der Waals surface area contributed by atoms with Crippen LogP contribution in [0.15, 0.2) is 83.7 Å². The third-order valence-electron chi connectivity index (χ3n) is 10.3. The van der Waals surface area contributed by atoms with Crippen molar-refractivity contribution in [2.75, 3.05) is 38.0 Å². The van der Waals surface area contributed by atoms with Gasteiger partial charge in [0, 0.05) is 55.7 Å². The maximum absolute atomic E-state index is 12.8. The molecule has 1 saturated carbocycles. The number of ether oxygens (including phenoxy) is 1. The number of pyridine rings is 1. The standard InChI is InChI=1S/C40H49N5O6/c46-35-16-14-32(33-15-17-37(48)44-39(33)35)36(47)26-41-22-18-38(49)42-29-12-10-27(11-13-29)19-23-45-24-20-30(21-25-45)51-40(50)43-34-9-5-4-8-31(34)28-6-2-1-3-7-28/h1-9,14-17,27,29-30,36,41,46-47H,10-13,18-26H2,(H,42,49)(H,43,50)(H,44,48). The number of likely N-dealkylation sites (tertiary alicyclic amines) is 1. The summed E-state index contributed by atoms with van der Waals surface area (Å²) in [4.78, 5) is 42.1. The molecular formula is C40H49N5O6. The fourth-order valence-electron chi connectivity index (χ4n) is 7.36. The highest BCUT2D eigenvalue weighted by Gasteiger charge is 2.26. The lowest BCUT2D eigenvalue weighted by Gasteiger charge is -2.34. The number of anilines is 1. The molecular weight excluding hydrogens is 646 g/mol. The Bertz CT molecular complexity index is 1820. The first-order valence-electron chi connectivity index (χ1n) is 18.2. The molecule has 2 amide bonds. The lowest BCUT2D eigenvalue weighted by molar-refractivity contribution is -0.122. The van der Waals surface area contributed by atoms with Gasteiger partial charge in [-0.3, -0.25) is 14.9 Å². The Labute approximate surface area is 298 Å². The molecule has 3 aromatic carbocycles. The van der Waals surface area contributed by atoms with Gasteiger partial charge in [0.2, 0.25) is 11.5 Å². The summed E-state index contributed by atoms with van der Waals surface area (Å²) >= 11 is 0. The van der Waals surface area contributed by atoms with Gasteiger partial charge in [-0.2, -0.15) is 0 Å². The van der Waals surface area contributed by atoms with Crippen LogP contribution in [0.5, 0.6) is 5.75 Å². The van der Waals surface area contributed by atoms with Gasteiger partial charge >= 0.3 is 6.09 Å². The van der Waals surface area contributed by atoms with E-state index in [-0.39, 0.29) is 35.9 Å². The maximum Gasteiger partial charge on any atom is 0.411 e. The summed E-state index contributed by atoms with van der Waals surface area (Å²) in [6.07, 6.45) is 5.93. The van der Waals surface area contributed by atoms with Crippen molar-refractivity contribution in [3.8, 4) is 16.9 Å². The van der Waals surface area contributed by atoms with Gasteiger partial charge in [-0.05, 0) is 86.7 Å². The summed E-state index contributed by atoms with van der Waals surface area (Å²) in [5.74, 6) is 0.608. The lowest BCUT2D eigenvalue weighted by atomic mass is 9.84. The number of rotatable bonds is 13. The number of phenols is 1. The SMILES string of the molecule is O=C(CCNCC(O)c1ccc(O)c2[nH]c(=O)ccc12)NC1CCC(CCN2CCC(OC(=O)Nc3ccccc3-c3ccccc3)CC2)CC1. The number of carbonyl (C=O) groups excluding carboxylic acids is 2. The monoisotopic (exact) mass is 695 g/mol. The molecule has 51 heavy (non-hydrogen) atoms. The molecule has 270 valence electrons. The summed E-state index contributed by atoms with van der Waals surface area (Å²) in [6, 6.07) is 24.0. The largest absolute Gasteiger partial charge is 0.506 e. The number of H-pyrrole nitrogens is 1. The molecule has 2 heterocycles. The van der Waals surface area contributed by atoms with Crippen molar-refractivity contribution >= 4 is 28.6 Å². The molecule has 6 N–H and O–H groups in total. The summed E-state index contributed by atoms with van der Waals surface area (Å²) in [7, 11) is 0. The number of nitrogens with one attached hydrogen (secondary N) is 4. The van der Waals surface area contributed by atoms with E-state index in [1.165, 1.54) is 12.1 Å². The van der Waals surface area contributed by atoms with Crippen molar-refractivity contribution in [2.24, 2.45) is 5.92 Å². The summed E-state index contributed by atoms with van der Waals surface area (Å²) in [5.41, 5.74) is 3.31. The Morgan fingerprint density at radius 3 is 2.43 bits per heavy atom. The number of aromatic nitrogens is 1. The number of aromatic amines is 1. The molecule has 0 bridgehead atoms. The molecule has 1 aliphatic carbocycles. The van der Waals surface area contributed by atoms with Crippen LogP contribution in [-0.2, 0) is 9.53 Å². The highest BCUT2D eigenvalue weighted by molar-refractivity contribution is 5.91. The highest BCUT2D eigenvalue weighted by Crippen LogP contribution is 2.30. The van der Waals surface area contributed by atoms with E-state index in [1.807, 2.05) is 54.6 Å². The third kappa shape index (κ3) is 9.96. The Morgan fingerprint density at radius 2 is 1.65 bits per heavy atom. The quantitative estimate of drug-likeness (QED) is 0.0975. The summed E-state index contributed by atoms with van der Waals surface area (Å²) in [6.45, 7) is 3.55. The predicted octanol–water partition coefficient (Wildman–Crippen LogP) is 5.69. The normalized spacial score (nSPS) is 19.0. The number of aliphatic hydroxyl groups excluding tert-OH is 1. The van der Waals surface area contributed by atoms with Crippen molar-refractivity contribution in [1.29, 1.82) is 0 Å². The van der Waals surface area contributed by atoms with E-state index in [0.29, 0.717) is 35.3 Å². The number of fused-ring (bicyclic) bond motifs is 1. The highest BCUT2D eigenvalue weighted by atomic mass is 16.6. The van der Waals surface area contributed by atoms with Crippen molar-refractivity contribution in [2.45, 2.75) is 69.6 Å². The predicted molar refractivity (Wildman–Crippen MR) is 199 cm³/mol. The molecule has 2 aliphatic rings. The van der Waals surface area contributed by atoms with E-state index >= 15 is 0 Å². The topological polar surface area (TPSA) is 156 Å². The molecule has 1 aliphatic heterocycles. The van der Waals surface area contributed by atoms with Crippen LogP contribution in [0.3, 0.4) is 0 Å². The average molecular weight is 696 g/mol. The second kappa shape index (κ2) is 17.5. The Morgan fingerprint density at radius 1 is 0.902 bits per heavy atom. The minimum Gasteiger partial charge on any atom is -0.506 e. The summed E-state index contributed by atoms with van der Waals surface area (Å²) in [5, 5.41) is 30.7. The van der Waals surface area contributed by atoms with Crippen LogP contribution in [-0.4, -0.2) is 77.0 Å². The van der Waals surface area contributed by atoms with Gasteiger partial charge in [0.25, 0.3) is 0 Å². The van der Waals surface area contributed by atoms with Gasteiger partial charge in [0.1, 0.15) is 11.9 Å². The van der Waals surface area contributed by atoms with Crippen LogP contribution >= 0.6 is 0 Å². The van der Waals surface area contributed by atoms with Crippen LogP contribution in [0.2, 0.25) is 0 Å². The van der Waals surface area contributed by atoms with E-state index in [0.717, 1.165) is 81.4 Å². The first-order chi connectivity index (χ1) is 24.8. The number of hydrogen-bond donors (Lipinski definition) is 6. The molecule has 4 aromatic rings. The number of phenolic OH excluding ortho intramolecular Hbond substituents is 1. The third-order valence-corrected chi connectivity index (χ3v) is 10.3. The minimum atomic E-state index is -0.863. The molecule has 1 atom stereocenters. The molecule has 2 fully saturated rings. The molecule has 0 spiro atoms. The van der Waals surface area contributed by atoms with Gasteiger partial charge < -0.3 is 35.5 Å². The Balaban J connectivity index is 0.827. The van der Waals surface area contributed by atoms with Crippen LogP contribution in [0.4, 0.5) is 10.5 Å². The molecule has 1 saturated heterocycles. The number of aromatic hydroxyl groups is 1. The number of carbonyl (C=O) groups is 2. The number of para-hydroxylation sites is 1. The van der Waals surface area contributed by atoms with Gasteiger partial charge in [-0.25, -0.2) is 4.79 Å². The lowest BCUT2D eigenvalue weighted by Crippen LogP contribution is -2.40. The van der Waals surface area contributed by atoms with Crippen molar-refractivity contribution in [3.05, 3.63) is 94.8 Å². The summed E-state index contributed by atoms with van der Waals surface area (Å²) < 4.78 is 5.81. The number of nitrogens with zero attached hydrogens (tertiary/aromatic N) is 1. The molecule has 1 aromatic heterocycles. The maximum atomic E-state index is 12.8. The number of amides is 2. The van der Waals surface area contributed by atoms with Crippen LogP contribution in [0.1, 0.15) is 63.0 Å². The van der Waals surface area contributed by atoms with Gasteiger partial charge in [-0.1, -0.05) is 54.6 Å². The number of piperidine rings is 1. The van der Waals surface area contributed by atoms with Crippen molar-refractivity contribution < 1.29 is 24.5 Å². The fourth-order valence-corrected chi connectivity index (χ4v) is 7.36. The van der Waals surface area contributed by atoms with E-state index in [1.54, 1.807) is 12.1 Å². The molecule has 11 nitrogen and oxygen atoms in total. The second-order valence-electron chi connectivity index (χ2n) is 13.8. The first-order valence-corrected chi connectivity index (χ1v) is 18.2. The Hall–Kier alpha value is -4.71. The number of benzene rings is 3. The minimum absolute atomic E-state index is 0.00673. The first kappa shape index (κ1) is 36.1. The van der Waals surface area contributed by atoms with E-state index in [2.05, 4.69) is 25.8 Å². The smallest absolute Gasteiger partial charge is 0.411 e.